The molecule has 0 aliphatic carbocycles. The third kappa shape index (κ3) is 4.64. The lowest BCUT2D eigenvalue weighted by molar-refractivity contribution is -0.384. The third-order valence-electron chi connectivity index (χ3n) is 5.76. The van der Waals surface area contributed by atoms with Gasteiger partial charge in [-0.15, -0.1) is 0 Å². The van der Waals surface area contributed by atoms with Crippen molar-refractivity contribution in [1.82, 2.24) is 9.21 Å². The monoisotopic (exact) mass is 410 g/mol. The lowest BCUT2D eigenvalue weighted by Gasteiger charge is -2.33. The molecular weight excluding hydrogens is 380 g/mol. The molecule has 1 aromatic rings. The van der Waals surface area contributed by atoms with Crippen molar-refractivity contribution >= 4 is 21.4 Å². The molecule has 0 bridgehead atoms. The standard InChI is InChI=1S/C19H30N4O4S/c1-20-10-6-7-16(14-20)15-21(2)18-9-8-17(13-19(18)23(24)25)28(26,27)22-11-4-3-5-12-22/h8-9,13,16H,3-7,10-12,14-15H2,1-2H3. The molecule has 156 valence electrons. The van der Waals surface area contributed by atoms with Gasteiger partial charge in [0.2, 0.25) is 10.0 Å². The molecule has 1 unspecified atom stereocenters. The van der Waals surface area contributed by atoms with E-state index in [-0.39, 0.29) is 10.6 Å². The van der Waals surface area contributed by atoms with Crippen molar-refractivity contribution in [2.75, 3.05) is 51.7 Å². The highest BCUT2D eigenvalue weighted by Gasteiger charge is 2.30. The van der Waals surface area contributed by atoms with E-state index in [0.717, 1.165) is 45.2 Å². The van der Waals surface area contributed by atoms with Gasteiger partial charge in [-0.1, -0.05) is 6.42 Å². The molecule has 2 fully saturated rings. The Morgan fingerprint density at radius 1 is 1.18 bits per heavy atom. The molecule has 0 amide bonds. The number of anilines is 1. The number of benzene rings is 1. The van der Waals surface area contributed by atoms with Crippen molar-refractivity contribution in [1.29, 1.82) is 0 Å². The summed E-state index contributed by atoms with van der Waals surface area (Å²) < 4.78 is 27.2. The van der Waals surface area contributed by atoms with Crippen LogP contribution in [0.2, 0.25) is 0 Å². The van der Waals surface area contributed by atoms with Crippen LogP contribution in [0.5, 0.6) is 0 Å². The first-order chi connectivity index (χ1) is 13.3. The van der Waals surface area contributed by atoms with E-state index in [1.54, 1.807) is 6.07 Å². The molecule has 28 heavy (non-hydrogen) atoms. The molecule has 2 aliphatic heterocycles. The van der Waals surface area contributed by atoms with Gasteiger partial charge >= 0.3 is 0 Å². The minimum atomic E-state index is -3.69. The Morgan fingerprint density at radius 3 is 2.54 bits per heavy atom. The highest BCUT2D eigenvalue weighted by Crippen LogP contribution is 2.33. The predicted molar refractivity (Wildman–Crippen MR) is 109 cm³/mol. The molecule has 3 rings (SSSR count). The average molecular weight is 411 g/mol. The minimum absolute atomic E-state index is 0.00986. The van der Waals surface area contributed by atoms with Gasteiger partial charge in [-0.2, -0.15) is 4.31 Å². The maximum absolute atomic E-state index is 12.9. The van der Waals surface area contributed by atoms with Crippen molar-refractivity contribution in [3.63, 3.8) is 0 Å². The smallest absolute Gasteiger partial charge is 0.293 e. The first-order valence-corrected chi connectivity index (χ1v) is 11.4. The molecule has 0 aromatic heterocycles. The second kappa shape index (κ2) is 8.75. The molecule has 0 saturated carbocycles. The summed E-state index contributed by atoms with van der Waals surface area (Å²) in [6.07, 6.45) is 4.91. The number of sulfonamides is 1. The Hall–Kier alpha value is -1.71. The fraction of sp³-hybridized carbons (Fsp3) is 0.684. The SMILES string of the molecule is CN1CCCC(CN(C)c2ccc(S(=O)(=O)N3CCCCC3)cc2[N+](=O)[O-])C1. The summed E-state index contributed by atoms with van der Waals surface area (Å²) in [4.78, 5) is 15.4. The third-order valence-corrected chi connectivity index (χ3v) is 7.66. The van der Waals surface area contributed by atoms with Gasteiger partial charge < -0.3 is 9.80 Å². The highest BCUT2D eigenvalue weighted by molar-refractivity contribution is 7.89. The zero-order valence-electron chi connectivity index (χ0n) is 16.7. The largest absolute Gasteiger partial charge is 0.369 e. The molecular formula is C19H30N4O4S. The summed E-state index contributed by atoms with van der Waals surface area (Å²) in [7, 11) is 0.244. The van der Waals surface area contributed by atoms with E-state index >= 15 is 0 Å². The van der Waals surface area contributed by atoms with Crippen molar-refractivity contribution < 1.29 is 13.3 Å². The Bertz CT molecular complexity index is 808. The summed E-state index contributed by atoms with van der Waals surface area (Å²) in [6, 6.07) is 4.32. The van der Waals surface area contributed by atoms with Crippen molar-refractivity contribution in [3.8, 4) is 0 Å². The van der Waals surface area contributed by atoms with E-state index in [1.807, 2.05) is 11.9 Å². The van der Waals surface area contributed by atoms with E-state index in [0.29, 0.717) is 31.2 Å². The van der Waals surface area contributed by atoms with Crippen molar-refractivity contribution in [2.45, 2.75) is 37.0 Å². The van der Waals surface area contributed by atoms with Crippen LogP contribution in [0.1, 0.15) is 32.1 Å². The number of nitro groups is 1. The number of hydrogen-bond acceptors (Lipinski definition) is 6. The van der Waals surface area contributed by atoms with Crippen LogP contribution in [0.25, 0.3) is 0 Å². The van der Waals surface area contributed by atoms with Gasteiger partial charge in [-0.3, -0.25) is 10.1 Å². The van der Waals surface area contributed by atoms with Gasteiger partial charge in [0.05, 0.1) is 9.82 Å². The lowest BCUT2D eigenvalue weighted by Crippen LogP contribution is -2.38. The zero-order valence-corrected chi connectivity index (χ0v) is 17.5. The summed E-state index contributed by atoms with van der Waals surface area (Å²) in [6.45, 7) is 3.73. The Kier molecular flexibility index (Phi) is 6.57. The average Bonchev–Trinajstić information content (AvgIpc) is 2.68. The molecule has 1 atom stereocenters. The van der Waals surface area contributed by atoms with E-state index in [2.05, 4.69) is 11.9 Å². The fourth-order valence-electron chi connectivity index (χ4n) is 4.29. The van der Waals surface area contributed by atoms with Crippen LogP contribution in [-0.2, 0) is 10.0 Å². The van der Waals surface area contributed by atoms with Gasteiger partial charge in [0, 0.05) is 39.3 Å². The van der Waals surface area contributed by atoms with Crippen LogP contribution in [0.3, 0.4) is 0 Å². The quantitative estimate of drug-likeness (QED) is 0.529. The molecule has 9 heteroatoms. The normalized spacial score (nSPS) is 22.1. The number of piperidine rings is 2. The van der Waals surface area contributed by atoms with Crippen LogP contribution in [0.15, 0.2) is 23.1 Å². The predicted octanol–water partition coefficient (Wildman–Crippen LogP) is 2.55. The number of hydrogen-bond donors (Lipinski definition) is 0. The van der Waals surface area contributed by atoms with E-state index in [9.17, 15) is 18.5 Å². The molecule has 2 heterocycles. The first-order valence-electron chi connectivity index (χ1n) is 9.97. The number of nitro benzene ring substituents is 1. The first kappa shape index (κ1) is 21.0. The highest BCUT2D eigenvalue weighted by atomic mass is 32.2. The summed E-state index contributed by atoms with van der Waals surface area (Å²) in [5.41, 5.74) is 0.320. The topological polar surface area (TPSA) is 87.0 Å². The van der Waals surface area contributed by atoms with E-state index < -0.39 is 14.9 Å². The van der Waals surface area contributed by atoms with Crippen molar-refractivity contribution in [3.05, 3.63) is 28.3 Å². The summed E-state index contributed by atoms with van der Waals surface area (Å²) in [5, 5.41) is 11.7. The molecule has 2 saturated heterocycles. The van der Waals surface area contributed by atoms with Gasteiger partial charge in [0.15, 0.2) is 0 Å². The van der Waals surface area contributed by atoms with Crippen LogP contribution in [0.4, 0.5) is 11.4 Å². The molecule has 0 N–H and O–H groups in total. The number of rotatable bonds is 6. The fourth-order valence-corrected chi connectivity index (χ4v) is 5.83. The van der Waals surface area contributed by atoms with E-state index in [4.69, 9.17) is 0 Å². The second-order valence-electron chi connectivity index (χ2n) is 8.02. The molecule has 1 aromatic carbocycles. The van der Waals surface area contributed by atoms with Crippen LogP contribution in [-0.4, -0.2) is 69.4 Å². The van der Waals surface area contributed by atoms with Gasteiger partial charge in [-0.05, 0) is 57.3 Å². The zero-order chi connectivity index (χ0) is 20.3. The maximum atomic E-state index is 12.9. The van der Waals surface area contributed by atoms with Gasteiger partial charge in [-0.25, -0.2) is 8.42 Å². The molecule has 0 spiro atoms. The second-order valence-corrected chi connectivity index (χ2v) is 9.96. The number of nitrogens with zero attached hydrogens (tertiary/aromatic N) is 4. The van der Waals surface area contributed by atoms with E-state index in [1.165, 1.54) is 16.4 Å². The van der Waals surface area contributed by atoms with Crippen molar-refractivity contribution in [2.24, 2.45) is 5.92 Å². The van der Waals surface area contributed by atoms with Crippen LogP contribution >= 0.6 is 0 Å². The Balaban J connectivity index is 1.83. The molecule has 0 radical (unpaired) electrons. The Morgan fingerprint density at radius 2 is 1.89 bits per heavy atom. The van der Waals surface area contributed by atoms with Crippen LogP contribution in [0, 0.1) is 16.0 Å². The maximum Gasteiger partial charge on any atom is 0.293 e. The van der Waals surface area contributed by atoms with Gasteiger partial charge in [0.25, 0.3) is 5.69 Å². The minimum Gasteiger partial charge on any atom is -0.369 e. The lowest BCUT2D eigenvalue weighted by atomic mass is 9.98. The summed E-state index contributed by atoms with van der Waals surface area (Å²) >= 11 is 0. The van der Waals surface area contributed by atoms with Gasteiger partial charge in [0.1, 0.15) is 5.69 Å². The van der Waals surface area contributed by atoms with Crippen LogP contribution < -0.4 is 4.90 Å². The Labute approximate surface area is 167 Å². The molecule has 8 nitrogen and oxygen atoms in total. The number of likely N-dealkylation sites (tertiary alicyclic amines) is 1. The molecule has 2 aliphatic rings. The summed E-state index contributed by atoms with van der Waals surface area (Å²) in [5.74, 6) is 0.445.